The fourth-order valence-corrected chi connectivity index (χ4v) is 3.00. The number of nitrogens with zero attached hydrogens (tertiary/aromatic N) is 4. The van der Waals surface area contributed by atoms with Gasteiger partial charge in [-0.1, -0.05) is 12.1 Å². The molecule has 0 aliphatic carbocycles. The van der Waals surface area contributed by atoms with Crippen molar-refractivity contribution in [3.63, 3.8) is 0 Å². The minimum atomic E-state index is -4.52. The molecule has 0 saturated heterocycles. The van der Waals surface area contributed by atoms with E-state index in [0.717, 1.165) is 17.0 Å². The molecule has 1 heterocycles. The number of nitrogens with one attached hydrogen (secondary N) is 1. The zero-order valence-corrected chi connectivity index (χ0v) is 15.2. The minimum absolute atomic E-state index is 0.0734. The van der Waals surface area contributed by atoms with Crippen LogP contribution in [0.4, 0.5) is 19.5 Å². The van der Waals surface area contributed by atoms with Gasteiger partial charge in [0.1, 0.15) is 16.5 Å². The second-order valence-corrected chi connectivity index (χ2v) is 6.62. The molecule has 0 aliphatic rings. The van der Waals surface area contributed by atoms with Gasteiger partial charge in [-0.15, -0.1) is 0 Å². The number of sulfonamides is 1. The number of carbonyl (C=O) groups is 1. The lowest BCUT2D eigenvalue weighted by atomic mass is 10.3. The van der Waals surface area contributed by atoms with Crippen molar-refractivity contribution in [2.75, 3.05) is 19.1 Å². The smallest absolute Gasteiger partial charge is 0.387 e. The molecule has 2 aromatic rings. The van der Waals surface area contributed by atoms with Crippen molar-refractivity contribution >= 4 is 22.0 Å². The normalized spacial score (nSPS) is 11.2. The minimum Gasteiger partial charge on any atom is -0.467 e. The van der Waals surface area contributed by atoms with E-state index in [1.54, 1.807) is 4.72 Å². The number of benzene rings is 1. The number of aromatic nitrogens is 3. The van der Waals surface area contributed by atoms with Gasteiger partial charge < -0.3 is 9.47 Å². The SMILES string of the molecule is COc1nc(C)nc(N(C)C(=O)NS(=O)(=O)c2ccccc2OC(F)F)n1. The number of urea groups is 1. The molecule has 0 aliphatic heterocycles. The Morgan fingerprint density at radius 2 is 1.89 bits per heavy atom. The Morgan fingerprint density at radius 3 is 2.52 bits per heavy atom. The van der Waals surface area contributed by atoms with Crippen molar-refractivity contribution in [1.29, 1.82) is 0 Å². The maximum absolute atomic E-state index is 12.5. The summed E-state index contributed by atoms with van der Waals surface area (Å²) >= 11 is 0. The van der Waals surface area contributed by atoms with E-state index in [1.165, 1.54) is 33.2 Å². The van der Waals surface area contributed by atoms with Gasteiger partial charge in [0.15, 0.2) is 0 Å². The van der Waals surface area contributed by atoms with E-state index in [0.29, 0.717) is 0 Å². The van der Waals surface area contributed by atoms with Gasteiger partial charge in [0.05, 0.1) is 7.11 Å². The van der Waals surface area contributed by atoms with Crippen molar-refractivity contribution < 1.29 is 31.5 Å². The molecule has 2 amide bonds. The third-order valence-electron chi connectivity index (χ3n) is 3.08. The summed E-state index contributed by atoms with van der Waals surface area (Å²) in [4.78, 5) is 24.0. The molecule has 0 spiro atoms. The van der Waals surface area contributed by atoms with Crippen LogP contribution in [0.3, 0.4) is 0 Å². The van der Waals surface area contributed by atoms with Gasteiger partial charge in [0, 0.05) is 7.05 Å². The number of methoxy groups -OCH3 is 1. The summed E-state index contributed by atoms with van der Waals surface area (Å²) in [6, 6.07) is 3.45. The maximum atomic E-state index is 12.5. The molecule has 1 aromatic carbocycles. The molecule has 0 bridgehead atoms. The van der Waals surface area contributed by atoms with Crippen molar-refractivity contribution in [1.82, 2.24) is 19.7 Å². The van der Waals surface area contributed by atoms with E-state index in [4.69, 9.17) is 4.74 Å². The lowest BCUT2D eigenvalue weighted by Gasteiger charge is -2.17. The van der Waals surface area contributed by atoms with Crippen LogP contribution in [-0.4, -0.2) is 50.2 Å². The van der Waals surface area contributed by atoms with Gasteiger partial charge in [-0.3, -0.25) is 4.90 Å². The highest BCUT2D eigenvalue weighted by molar-refractivity contribution is 7.90. The van der Waals surface area contributed by atoms with Crippen molar-refractivity contribution in [3.8, 4) is 11.8 Å². The first-order chi connectivity index (χ1) is 12.6. The molecule has 1 aromatic heterocycles. The molecule has 13 heteroatoms. The van der Waals surface area contributed by atoms with Crippen LogP contribution in [0.2, 0.25) is 0 Å². The van der Waals surface area contributed by atoms with Gasteiger partial charge in [-0.2, -0.15) is 23.7 Å². The monoisotopic (exact) mass is 403 g/mol. The number of ether oxygens (including phenoxy) is 2. The first-order valence-electron chi connectivity index (χ1n) is 7.25. The molecule has 0 atom stereocenters. The fraction of sp³-hybridized carbons (Fsp3) is 0.286. The first-order valence-corrected chi connectivity index (χ1v) is 8.73. The van der Waals surface area contributed by atoms with Gasteiger partial charge >= 0.3 is 18.7 Å². The number of anilines is 1. The summed E-state index contributed by atoms with van der Waals surface area (Å²) in [6.45, 7) is -1.71. The Morgan fingerprint density at radius 1 is 1.22 bits per heavy atom. The molecule has 0 saturated carbocycles. The number of halogens is 2. The van der Waals surface area contributed by atoms with Crippen LogP contribution >= 0.6 is 0 Å². The van der Waals surface area contributed by atoms with Crippen LogP contribution in [0.1, 0.15) is 5.82 Å². The number of alkyl halides is 2. The molecule has 146 valence electrons. The maximum Gasteiger partial charge on any atom is 0.387 e. The van der Waals surface area contributed by atoms with Crippen molar-refractivity contribution in [2.24, 2.45) is 0 Å². The van der Waals surface area contributed by atoms with Crippen LogP contribution in [-0.2, 0) is 10.0 Å². The van der Waals surface area contributed by atoms with E-state index < -0.39 is 33.3 Å². The van der Waals surface area contributed by atoms with Gasteiger partial charge in [0.2, 0.25) is 5.95 Å². The summed E-state index contributed by atoms with van der Waals surface area (Å²) in [7, 11) is -2.00. The molecule has 0 unspecified atom stereocenters. The standard InChI is InChI=1S/C14H15F2N5O5S/c1-8-17-12(19-13(18-8)25-3)21(2)14(22)20-27(23,24)10-7-5-4-6-9(10)26-11(15)16/h4-7,11H,1-3H3,(H,20,22). The Kier molecular flexibility index (Phi) is 6.05. The number of aryl methyl sites for hydroxylation is 1. The summed E-state index contributed by atoms with van der Waals surface area (Å²) < 4.78 is 60.5. The Balaban J connectivity index is 2.28. The number of hydrogen-bond acceptors (Lipinski definition) is 8. The van der Waals surface area contributed by atoms with Crippen molar-refractivity contribution in [2.45, 2.75) is 18.4 Å². The summed E-state index contributed by atoms with van der Waals surface area (Å²) in [5.41, 5.74) is 0. The predicted molar refractivity (Wildman–Crippen MR) is 88.3 cm³/mol. The van der Waals surface area contributed by atoms with E-state index in [-0.39, 0.29) is 17.8 Å². The Labute approximate surface area is 153 Å². The fourth-order valence-electron chi connectivity index (χ4n) is 1.88. The Bertz CT molecular complexity index is 941. The average Bonchev–Trinajstić information content (AvgIpc) is 2.59. The largest absolute Gasteiger partial charge is 0.467 e. The summed E-state index contributed by atoms with van der Waals surface area (Å²) in [6.07, 6.45) is 0. The van der Waals surface area contributed by atoms with E-state index >= 15 is 0 Å². The predicted octanol–water partition coefficient (Wildman–Crippen LogP) is 1.32. The van der Waals surface area contributed by atoms with E-state index in [2.05, 4.69) is 19.7 Å². The van der Waals surface area contributed by atoms with Gasteiger partial charge in [-0.25, -0.2) is 17.9 Å². The number of amides is 2. The molecule has 1 N–H and O–H groups in total. The van der Waals surface area contributed by atoms with E-state index in [9.17, 15) is 22.0 Å². The summed E-state index contributed by atoms with van der Waals surface area (Å²) in [5.74, 6) is -0.549. The number of carbonyl (C=O) groups excluding carboxylic acids is 1. The lowest BCUT2D eigenvalue weighted by Crippen LogP contribution is -2.41. The lowest BCUT2D eigenvalue weighted by molar-refractivity contribution is -0.0517. The molecular weight excluding hydrogens is 388 g/mol. The molecule has 10 nitrogen and oxygen atoms in total. The van der Waals surface area contributed by atoms with Crippen molar-refractivity contribution in [3.05, 3.63) is 30.1 Å². The number of hydrogen-bond donors (Lipinski definition) is 1. The van der Waals surface area contributed by atoms with Crippen LogP contribution in [0, 0.1) is 6.92 Å². The molecule has 2 rings (SSSR count). The zero-order valence-electron chi connectivity index (χ0n) is 14.4. The highest BCUT2D eigenvalue weighted by Crippen LogP contribution is 2.25. The Hall–Kier alpha value is -3.09. The van der Waals surface area contributed by atoms with Crippen LogP contribution in [0.25, 0.3) is 0 Å². The topological polar surface area (TPSA) is 124 Å². The highest BCUT2D eigenvalue weighted by atomic mass is 32.2. The molecular formula is C14H15F2N5O5S. The van der Waals surface area contributed by atoms with Gasteiger partial charge in [-0.05, 0) is 19.1 Å². The molecule has 0 fully saturated rings. The van der Waals surface area contributed by atoms with Crippen LogP contribution in [0.5, 0.6) is 11.8 Å². The quantitative estimate of drug-likeness (QED) is 0.766. The molecule has 0 radical (unpaired) electrons. The second-order valence-electron chi connectivity index (χ2n) is 4.96. The highest BCUT2D eigenvalue weighted by Gasteiger charge is 2.26. The number of para-hydroxylation sites is 1. The average molecular weight is 403 g/mol. The van der Waals surface area contributed by atoms with Gasteiger partial charge in [0.25, 0.3) is 10.0 Å². The third-order valence-corrected chi connectivity index (χ3v) is 4.44. The third kappa shape index (κ3) is 4.97. The summed E-state index contributed by atoms with van der Waals surface area (Å²) in [5, 5.41) is 0. The van der Waals surface area contributed by atoms with Crippen LogP contribution < -0.4 is 19.1 Å². The number of rotatable bonds is 6. The first kappa shape index (κ1) is 20.2. The van der Waals surface area contributed by atoms with Crippen LogP contribution in [0.15, 0.2) is 29.2 Å². The zero-order chi connectivity index (χ0) is 20.2. The molecule has 27 heavy (non-hydrogen) atoms. The van der Waals surface area contributed by atoms with E-state index in [1.807, 2.05) is 0 Å². The second kappa shape index (κ2) is 8.07.